The van der Waals surface area contributed by atoms with Crippen LogP contribution >= 0.6 is 0 Å². The lowest BCUT2D eigenvalue weighted by Crippen LogP contribution is -2.34. The molecular formula is C20H22N2O5. The molecule has 7 heteroatoms. The van der Waals surface area contributed by atoms with Crippen molar-refractivity contribution in [2.24, 2.45) is 0 Å². The lowest BCUT2D eigenvalue weighted by atomic mass is 10.1. The van der Waals surface area contributed by atoms with Crippen molar-refractivity contribution in [2.45, 2.75) is 13.8 Å². The van der Waals surface area contributed by atoms with Crippen molar-refractivity contribution >= 4 is 18.0 Å². The molecule has 0 spiro atoms. The topological polar surface area (TPSA) is 93.7 Å². The fourth-order valence-corrected chi connectivity index (χ4v) is 2.29. The van der Waals surface area contributed by atoms with Gasteiger partial charge in [0.05, 0.1) is 6.61 Å². The Hall–Kier alpha value is -3.35. The minimum Gasteiger partial charge on any atom is -0.434 e. The molecule has 2 rings (SSSR count). The van der Waals surface area contributed by atoms with Crippen molar-refractivity contribution in [3.05, 3.63) is 65.2 Å². The molecule has 2 amide bonds. The molecule has 0 unspecified atom stereocenters. The van der Waals surface area contributed by atoms with Gasteiger partial charge in [-0.05, 0) is 49.7 Å². The van der Waals surface area contributed by atoms with Crippen LogP contribution in [0.25, 0.3) is 0 Å². The van der Waals surface area contributed by atoms with Crippen molar-refractivity contribution in [1.29, 1.82) is 0 Å². The molecule has 0 saturated carbocycles. The van der Waals surface area contributed by atoms with Gasteiger partial charge in [0.25, 0.3) is 11.8 Å². The van der Waals surface area contributed by atoms with E-state index < -0.39 is 6.16 Å². The summed E-state index contributed by atoms with van der Waals surface area (Å²) in [6.45, 7) is 4.37. The summed E-state index contributed by atoms with van der Waals surface area (Å²) in [7, 11) is 0. The van der Waals surface area contributed by atoms with Gasteiger partial charge in [0.15, 0.2) is 0 Å². The Morgan fingerprint density at radius 2 is 1.52 bits per heavy atom. The maximum Gasteiger partial charge on any atom is 0.513 e. The Labute approximate surface area is 157 Å². The summed E-state index contributed by atoms with van der Waals surface area (Å²) in [6, 6.07) is 13.4. The maximum absolute atomic E-state index is 12.1. The van der Waals surface area contributed by atoms with Crippen LogP contribution in [0.3, 0.4) is 0 Å². The predicted octanol–water partition coefficient (Wildman–Crippen LogP) is 2.69. The molecule has 0 bridgehead atoms. The van der Waals surface area contributed by atoms with E-state index in [0.29, 0.717) is 17.7 Å². The quantitative estimate of drug-likeness (QED) is 0.444. The molecule has 2 aromatic rings. The zero-order valence-corrected chi connectivity index (χ0v) is 15.3. The van der Waals surface area contributed by atoms with Gasteiger partial charge in [0.1, 0.15) is 5.75 Å². The Kier molecular flexibility index (Phi) is 7.37. The van der Waals surface area contributed by atoms with Crippen molar-refractivity contribution in [1.82, 2.24) is 10.6 Å². The zero-order valence-electron chi connectivity index (χ0n) is 15.3. The number of benzene rings is 2. The van der Waals surface area contributed by atoms with E-state index >= 15 is 0 Å². The monoisotopic (exact) mass is 370 g/mol. The number of carbonyl (C=O) groups excluding carboxylic acids is 3. The van der Waals surface area contributed by atoms with Crippen LogP contribution in [0.1, 0.15) is 33.2 Å². The van der Waals surface area contributed by atoms with Crippen molar-refractivity contribution in [2.75, 3.05) is 19.7 Å². The number of nitrogens with one attached hydrogen (secondary N) is 2. The number of aryl methyl sites for hydroxylation is 1. The summed E-state index contributed by atoms with van der Waals surface area (Å²) in [5.74, 6) is -0.180. The van der Waals surface area contributed by atoms with Crippen LogP contribution in [0.5, 0.6) is 5.75 Å². The molecular weight excluding hydrogens is 348 g/mol. The summed E-state index contributed by atoms with van der Waals surface area (Å²) >= 11 is 0. The number of hydrogen-bond acceptors (Lipinski definition) is 5. The largest absolute Gasteiger partial charge is 0.513 e. The number of amides is 2. The van der Waals surface area contributed by atoms with E-state index in [4.69, 9.17) is 4.74 Å². The van der Waals surface area contributed by atoms with Crippen LogP contribution in [0.4, 0.5) is 4.79 Å². The second-order valence-electron chi connectivity index (χ2n) is 5.64. The minimum atomic E-state index is -0.793. The number of carbonyl (C=O) groups is 3. The number of hydrogen-bond donors (Lipinski definition) is 2. The molecule has 142 valence electrons. The summed E-state index contributed by atoms with van der Waals surface area (Å²) in [4.78, 5) is 35.4. The molecule has 0 aromatic heterocycles. The highest BCUT2D eigenvalue weighted by Crippen LogP contribution is 2.13. The van der Waals surface area contributed by atoms with E-state index in [1.807, 2.05) is 19.1 Å². The SMILES string of the molecule is CCOC(=O)Oc1ccc(C(=O)NCCNC(=O)c2ccccc2C)cc1. The van der Waals surface area contributed by atoms with Crippen molar-refractivity contribution in [3.8, 4) is 5.75 Å². The van der Waals surface area contributed by atoms with Gasteiger partial charge in [0, 0.05) is 24.2 Å². The molecule has 0 atom stereocenters. The van der Waals surface area contributed by atoms with E-state index in [1.54, 1.807) is 19.1 Å². The lowest BCUT2D eigenvalue weighted by molar-refractivity contribution is 0.0927. The third kappa shape index (κ3) is 6.14. The predicted molar refractivity (Wildman–Crippen MR) is 99.9 cm³/mol. The third-order valence-electron chi connectivity index (χ3n) is 3.67. The van der Waals surface area contributed by atoms with E-state index in [1.165, 1.54) is 24.3 Å². The first kappa shape index (κ1) is 20.0. The fourth-order valence-electron chi connectivity index (χ4n) is 2.29. The Morgan fingerprint density at radius 1 is 0.889 bits per heavy atom. The van der Waals surface area contributed by atoms with Crippen LogP contribution in [0.2, 0.25) is 0 Å². The first-order chi connectivity index (χ1) is 13.0. The highest BCUT2D eigenvalue weighted by molar-refractivity contribution is 5.96. The smallest absolute Gasteiger partial charge is 0.434 e. The van der Waals surface area contributed by atoms with Crippen LogP contribution in [-0.2, 0) is 4.74 Å². The molecule has 0 saturated heterocycles. The van der Waals surface area contributed by atoms with Gasteiger partial charge in [-0.3, -0.25) is 9.59 Å². The first-order valence-electron chi connectivity index (χ1n) is 8.58. The average molecular weight is 370 g/mol. The standard InChI is InChI=1S/C20H22N2O5/c1-3-26-20(25)27-16-10-8-15(9-11-16)18(23)21-12-13-22-19(24)17-7-5-4-6-14(17)2/h4-11H,3,12-13H2,1-2H3,(H,21,23)(H,22,24). The minimum absolute atomic E-state index is 0.178. The van der Waals surface area contributed by atoms with Gasteiger partial charge in [-0.1, -0.05) is 18.2 Å². The third-order valence-corrected chi connectivity index (χ3v) is 3.67. The Morgan fingerprint density at radius 3 is 2.15 bits per heavy atom. The summed E-state index contributed by atoms with van der Waals surface area (Å²) in [5.41, 5.74) is 1.92. The molecule has 2 aromatic carbocycles. The van der Waals surface area contributed by atoms with E-state index in [-0.39, 0.29) is 30.7 Å². The van der Waals surface area contributed by atoms with Gasteiger partial charge in [-0.2, -0.15) is 0 Å². The molecule has 0 aliphatic heterocycles. The molecule has 27 heavy (non-hydrogen) atoms. The van der Waals surface area contributed by atoms with E-state index in [0.717, 1.165) is 5.56 Å². The van der Waals surface area contributed by atoms with Crippen LogP contribution in [0, 0.1) is 6.92 Å². The maximum atomic E-state index is 12.1. The molecule has 0 aliphatic carbocycles. The summed E-state index contributed by atoms with van der Waals surface area (Å²) in [5, 5.41) is 5.48. The van der Waals surface area contributed by atoms with Gasteiger partial charge >= 0.3 is 6.16 Å². The van der Waals surface area contributed by atoms with Gasteiger partial charge in [0.2, 0.25) is 0 Å². The molecule has 0 fully saturated rings. The lowest BCUT2D eigenvalue weighted by Gasteiger charge is -2.09. The normalized spacial score (nSPS) is 10.0. The first-order valence-corrected chi connectivity index (χ1v) is 8.58. The van der Waals surface area contributed by atoms with E-state index in [2.05, 4.69) is 15.4 Å². The highest BCUT2D eigenvalue weighted by Gasteiger charge is 2.09. The number of ether oxygens (including phenoxy) is 2. The van der Waals surface area contributed by atoms with Crippen LogP contribution in [0.15, 0.2) is 48.5 Å². The molecule has 2 N–H and O–H groups in total. The molecule has 0 heterocycles. The van der Waals surface area contributed by atoms with Crippen molar-refractivity contribution in [3.63, 3.8) is 0 Å². The molecule has 7 nitrogen and oxygen atoms in total. The second kappa shape index (κ2) is 9.96. The van der Waals surface area contributed by atoms with Gasteiger partial charge in [-0.25, -0.2) is 4.79 Å². The van der Waals surface area contributed by atoms with Crippen LogP contribution < -0.4 is 15.4 Å². The van der Waals surface area contributed by atoms with E-state index in [9.17, 15) is 14.4 Å². The van der Waals surface area contributed by atoms with Gasteiger partial charge in [-0.15, -0.1) is 0 Å². The Bertz CT molecular complexity index is 802. The number of rotatable bonds is 7. The zero-order chi connectivity index (χ0) is 19.6. The fraction of sp³-hybridized carbons (Fsp3) is 0.250. The summed E-state index contributed by atoms with van der Waals surface area (Å²) in [6.07, 6.45) is -0.793. The molecule has 0 aliphatic rings. The van der Waals surface area contributed by atoms with Crippen molar-refractivity contribution < 1.29 is 23.9 Å². The second-order valence-corrected chi connectivity index (χ2v) is 5.64. The average Bonchev–Trinajstić information content (AvgIpc) is 2.66. The van der Waals surface area contributed by atoms with Crippen LogP contribution in [-0.4, -0.2) is 37.7 Å². The van der Waals surface area contributed by atoms with Gasteiger partial charge < -0.3 is 20.1 Å². The Balaban J connectivity index is 1.76. The summed E-state index contributed by atoms with van der Waals surface area (Å²) < 4.78 is 9.60. The highest BCUT2D eigenvalue weighted by atomic mass is 16.7. The molecule has 0 radical (unpaired) electrons.